The van der Waals surface area contributed by atoms with Gasteiger partial charge in [-0.25, -0.2) is 0 Å². The van der Waals surface area contributed by atoms with Crippen molar-refractivity contribution in [3.8, 4) is 0 Å². The van der Waals surface area contributed by atoms with E-state index < -0.39 is 18.3 Å². The quantitative estimate of drug-likeness (QED) is 0.784. The lowest BCUT2D eigenvalue weighted by Gasteiger charge is -2.38. The van der Waals surface area contributed by atoms with Crippen molar-refractivity contribution in [3.63, 3.8) is 0 Å². The second-order valence-electron chi connectivity index (χ2n) is 6.33. The van der Waals surface area contributed by atoms with Gasteiger partial charge in [0, 0.05) is 17.8 Å². The predicted molar refractivity (Wildman–Crippen MR) is 75.3 cm³/mol. The molecule has 1 aromatic heterocycles. The highest BCUT2D eigenvalue weighted by molar-refractivity contribution is 6.60. The summed E-state index contributed by atoms with van der Waals surface area (Å²) in [4.78, 5) is 4.31. The maximum Gasteiger partial charge on any atom is 0.491 e. The lowest BCUT2D eigenvalue weighted by molar-refractivity contribution is -0.0982. The number of rotatable bonds is 5. The monoisotopic (exact) mass is 263 g/mol. The second kappa shape index (κ2) is 4.89. The maximum atomic E-state index is 10.2. The topological polar surface area (TPSA) is 62.6 Å². The molecule has 1 aliphatic rings. The Balaban J connectivity index is 2.11. The molecule has 0 aliphatic heterocycles. The summed E-state index contributed by atoms with van der Waals surface area (Å²) in [5.74, 6) is 0.537. The summed E-state index contributed by atoms with van der Waals surface area (Å²) < 4.78 is 5.62. The first kappa shape index (κ1) is 14.5. The van der Waals surface area contributed by atoms with Crippen LogP contribution in [-0.2, 0) is 4.65 Å². The van der Waals surface area contributed by atoms with Crippen LogP contribution in [0.15, 0.2) is 18.3 Å². The maximum absolute atomic E-state index is 10.2. The number of hydrogen-bond acceptors (Lipinski definition) is 4. The molecule has 1 heterocycles. The Hall–Kier alpha value is -0.905. The van der Waals surface area contributed by atoms with E-state index in [0.717, 1.165) is 5.69 Å². The van der Waals surface area contributed by atoms with Crippen LogP contribution in [0.2, 0.25) is 0 Å². The van der Waals surface area contributed by atoms with Gasteiger partial charge in [-0.1, -0.05) is 0 Å². The van der Waals surface area contributed by atoms with Gasteiger partial charge in [0.1, 0.15) is 0 Å². The largest absolute Gasteiger partial charge is 0.491 e. The highest BCUT2D eigenvalue weighted by Crippen LogP contribution is 2.38. The summed E-state index contributed by atoms with van der Waals surface area (Å²) in [5.41, 5.74) is -0.189. The Morgan fingerprint density at radius 1 is 1.32 bits per heavy atom. The zero-order chi connectivity index (χ0) is 14.3. The van der Waals surface area contributed by atoms with Crippen LogP contribution in [0.5, 0.6) is 0 Å². The Morgan fingerprint density at radius 2 is 1.95 bits per heavy atom. The fraction of sp³-hybridized carbons (Fsp3) is 0.643. The van der Waals surface area contributed by atoms with Gasteiger partial charge < -0.3 is 14.8 Å². The molecule has 2 N–H and O–H groups in total. The van der Waals surface area contributed by atoms with Crippen molar-refractivity contribution in [1.82, 2.24) is 4.98 Å². The molecule has 0 amide bonds. The fourth-order valence-corrected chi connectivity index (χ4v) is 1.71. The van der Waals surface area contributed by atoms with Crippen LogP contribution in [-0.4, -0.2) is 33.4 Å². The molecular formula is C14H22BNO3. The molecule has 1 saturated carbocycles. The lowest BCUT2D eigenvalue weighted by Crippen LogP contribution is -2.53. The summed E-state index contributed by atoms with van der Waals surface area (Å²) in [7, 11) is -1.05. The number of nitrogens with zero attached hydrogens (tertiary/aromatic N) is 1. The molecule has 4 nitrogen and oxygen atoms in total. The van der Waals surface area contributed by atoms with Crippen LogP contribution in [0.3, 0.4) is 0 Å². The smallest absolute Gasteiger partial charge is 0.423 e. The number of hydrogen-bond donors (Lipinski definition) is 2. The normalized spacial score (nSPS) is 16.5. The molecule has 1 aliphatic carbocycles. The van der Waals surface area contributed by atoms with Gasteiger partial charge in [-0.05, 0) is 58.1 Å². The van der Waals surface area contributed by atoms with Gasteiger partial charge >= 0.3 is 7.12 Å². The molecule has 1 fully saturated rings. The molecule has 0 unspecified atom stereocenters. The van der Waals surface area contributed by atoms with Crippen molar-refractivity contribution in [1.29, 1.82) is 0 Å². The average Bonchev–Trinajstić information content (AvgIpc) is 3.11. The Kier molecular flexibility index (Phi) is 3.73. The van der Waals surface area contributed by atoms with Gasteiger partial charge in [-0.3, -0.25) is 4.98 Å². The molecule has 0 aromatic carbocycles. The SMILES string of the molecule is CC(C)(O)C(C)(C)OB(O)c1ccnc(C2CC2)c1. The Labute approximate surface area is 115 Å². The summed E-state index contributed by atoms with van der Waals surface area (Å²) in [6.07, 6.45) is 4.04. The third-order valence-electron chi connectivity index (χ3n) is 3.97. The van der Waals surface area contributed by atoms with E-state index in [2.05, 4.69) is 4.98 Å². The molecule has 0 spiro atoms. The highest BCUT2D eigenvalue weighted by atomic mass is 16.5. The first-order valence-electron chi connectivity index (χ1n) is 6.75. The van der Waals surface area contributed by atoms with Crippen LogP contribution in [0.1, 0.15) is 52.1 Å². The van der Waals surface area contributed by atoms with Gasteiger partial charge in [0.2, 0.25) is 0 Å². The van der Waals surface area contributed by atoms with Crippen molar-refractivity contribution < 1.29 is 14.8 Å². The first-order valence-corrected chi connectivity index (χ1v) is 6.75. The third kappa shape index (κ3) is 3.35. The zero-order valence-electron chi connectivity index (χ0n) is 12.1. The fourth-order valence-electron chi connectivity index (χ4n) is 1.71. The predicted octanol–water partition coefficient (Wildman–Crippen LogP) is 1.21. The third-order valence-corrected chi connectivity index (χ3v) is 3.97. The minimum Gasteiger partial charge on any atom is -0.423 e. The average molecular weight is 263 g/mol. The zero-order valence-corrected chi connectivity index (χ0v) is 12.1. The van der Waals surface area contributed by atoms with E-state index in [4.69, 9.17) is 4.65 Å². The van der Waals surface area contributed by atoms with Gasteiger partial charge in [0.15, 0.2) is 0 Å². The molecule has 2 rings (SSSR count). The first-order chi connectivity index (χ1) is 8.71. The molecule has 1 aromatic rings. The molecule has 0 radical (unpaired) electrons. The van der Waals surface area contributed by atoms with E-state index in [9.17, 15) is 10.1 Å². The molecule has 19 heavy (non-hydrogen) atoms. The minimum atomic E-state index is -1.05. The Morgan fingerprint density at radius 3 is 2.47 bits per heavy atom. The number of aliphatic hydroxyl groups is 1. The summed E-state index contributed by atoms with van der Waals surface area (Å²) in [6.45, 7) is 6.86. The van der Waals surface area contributed by atoms with E-state index in [1.54, 1.807) is 40.0 Å². The van der Waals surface area contributed by atoms with E-state index in [-0.39, 0.29) is 0 Å². The van der Waals surface area contributed by atoms with Crippen molar-refractivity contribution in [2.24, 2.45) is 0 Å². The van der Waals surface area contributed by atoms with Gasteiger partial charge in [0.05, 0.1) is 11.2 Å². The van der Waals surface area contributed by atoms with Crippen molar-refractivity contribution in [3.05, 3.63) is 24.0 Å². The summed E-state index contributed by atoms with van der Waals surface area (Å²) >= 11 is 0. The number of pyridine rings is 1. The van der Waals surface area contributed by atoms with E-state index in [0.29, 0.717) is 11.4 Å². The van der Waals surface area contributed by atoms with Crippen LogP contribution in [0, 0.1) is 0 Å². The van der Waals surface area contributed by atoms with Crippen LogP contribution >= 0.6 is 0 Å². The summed E-state index contributed by atoms with van der Waals surface area (Å²) in [6, 6.07) is 3.64. The van der Waals surface area contributed by atoms with Crippen LogP contribution in [0.4, 0.5) is 0 Å². The molecule has 0 atom stereocenters. The number of aromatic nitrogens is 1. The van der Waals surface area contributed by atoms with E-state index >= 15 is 0 Å². The van der Waals surface area contributed by atoms with Gasteiger partial charge in [-0.2, -0.15) is 0 Å². The van der Waals surface area contributed by atoms with Crippen LogP contribution < -0.4 is 5.46 Å². The van der Waals surface area contributed by atoms with E-state index in [1.165, 1.54) is 12.8 Å². The molecule has 104 valence electrons. The van der Waals surface area contributed by atoms with Crippen molar-refractivity contribution in [2.75, 3.05) is 0 Å². The second-order valence-corrected chi connectivity index (χ2v) is 6.33. The Bertz CT molecular complexity index is 452. The minimum absolute atomic E-state index is 0.537. The van der Waals surface area contributed by atoms with Crippen molar-refractivity contribution in [2.45, 2.75) is 57.7 Å². The molecule has 0 bridgehead atoms. The van der Waals surface area contributed by atoms with E-state index in [1.807, 2.05) is 6.07 Å². The standard InChI is InChI=1S/C14H22BNO3/c1-13(2,17)14(3,4)19-15(18)11-7-8-16-12(9-11)10-5-6-10/h7-10,17-18H,5-6H2,1-4H3. The molecular weight excluding hydrogens is 241 g/mol. The lowest BCUT2D eigenvalue weighted by atomic mass is 9.76. The van der Waals surface area contributed by atoms with Gasteiger partial charge in [-0.15, -0.1) is 0 Å². The van der Waals surface area contributed by atoms with Gasteiger partial charge in [0.25, 0.3) is 0 Å². The van der Waals surface area contributed by atoms with Crippen molar-refractivity contribution >= 4 is 12.6 Å². The highest BCUT2D eigenvalue weighted by Gasteiger charge is 2.39. The van der Waals surface area contributed by atoms with Crippen LogP contribution in [0.25, 0.3) is 0 Å². The molecule has 5 heteroatoms. The molecule has 0 saturated heterocycles. The summed E-state index contributed by atoms with van der Waals surface area (Å²) in [5, 5.41) is 20.2.